The maximum atomic E-state index is 14.9. The highest BCUT2D eigenvalue weighted by molar-refractivity contribution is 5.70. The van der Waals surface area contributed by atoms with E-state index in [1.165, 1.54) is 0 Å². The van der Waals surface area contributed by atoms with Crippen molar-refractivity contribution in [1.29, 1.82) is 0 Å². The van der Waals surface area contributed by atoms with Crippen molar-refractivity contribution in [1.82, 2.24) is 4.90 Å². The number of rotatable bonds is 6. The van der Waals surface area contributed by atoms with E-state index in [-0.39, 0.29) is 23.0 Å². The average molecular weight is 442 g/mol. The van der Waals surface area contributed by atoms with E-state index < -0.39 is 5.60 Å². The van der Waals surface area contributed by atoms with Crippen LogP contribution < -0.4 is 9.47 Å². The van der Waals surface area contributed by atoms with Gasteiger partial charge in [-0.1, -0.05) is 30.3 Å². The van der Waals surface area contributed by atoms with Gasteiger partial charge in [0.25, 0.3) is 0 Å². The van der Waals surface area contributed by atoms with E-state index in [0.29, 0.717) is 26.2 Å². The largest absolute Gasteiger partial charge is 0.492 e. The van der Waals surface area contributed by atoms with E-state index in [2.05, 4.69) is 4.90 Å². The van der Waals surface area contributed by atoms with E-state index in [4.69, 9.17) is 14.2 Å². The summed E-state index contributed by atoms with van der Waals surface area (Å²) in [5.41, 5.74) is 1.30. The Morgan fingerprint density at radius 3 is 2.56 bits per heavy atom. The van der Waals surface area contributed by atoms with Gasteiger partial charge in [0, 0.05) is 23.6 Å². The third-order valence-electron chi connectivity index (χ3n) is 6.21. The maximum Gasteiger partial charge on any atom is 0.307 e. The van der Waals surface area contributed by atoms with E-state index in [1.807, 2.05) is 51.1 Å². The fraction of sp³-hybridized carbons (Fsp3) is 0.500. The summed E-state index contributed by atoms with van der Waals surface area (Å²) in [7, 11) is 0. The number of fused-ring (bicyclic) bond motifs is 2. The molecule has 2 heterocycles. The quantitative estimate of drug-likeness (QED) is 0.599. The Bertz CT molecular complexity index is 946. The van der Waals surface area contributed by atoms with Crippen molar-refractivity contribution in [2.45, 2.75) is 57.7 Å². The predicted molar refractivity (Wildman–Crippen MR) is 120 cm³/mol. The molecule has 0 atom stereocenters. The molecular weight excluding hydrogens is 409 g/mol. The molecule has 0 unspecified atom stereocenters. The summed E-state index contributed by atoms with van der Waals surface area (Å²) >= 11 is 0. The third kappa shape index (κ3) is 5.23. The predicted octanol–water partition coefficient (Wildman–Crippen LogP) is 4.86. The van der Waals surface area contributed by atoms with Crippen LogP contribution in [0.1, 0.15) is 51.2 Å². The molecule has 0 saturated carbocycles. The molecule has 5 nitrogen and oxygen atoms in total. The van der Waals surface area contributed by atoms with E-state index in [0.717, 1.165) is 42.8 Å². The monoisotopic (exact) mass is 441 g/mol. The first kappa shape index (κ1) is 22.6. The molecule has 2 aliphatic heterocycles. The second-order valence-electron chi connectivity index (χ2n) is 9.80. The van der Waals surface area contributed by atoms with Crippen molar-refractivity contribution in [2.75, 3.05) is 26.2 Å². The van der Waals surface area contributed by atoms with Crippen LogP contribution in [0.4, 0.5) is 4.39 Å². The summed E-state index contributed by atoms with van der Waals surface area (Å²) in [6.45, 7) is 8.88. The molecule has 2 aliphatic rings. The van der Waals surface area contributed by atoms with Crippen LogP contribution in [0, 0.1) is 5.82 Å². The van der Waals surface area contributed by atoms with E-state index >= 15 is 0 Å². The summed E-state index contributed by atoms with van der Waals surface area (Å²) in [5, 5.41) is 0. The van der Waals surface area contributed by atoms with Crippen molar-refractivity contribution in [3.8, 4) is 11.5 Å². The number of benzene rings is 2. The molecule has 1 spiro atoms. The van der Waals surface area contributed by atoms with Gasteiger partial charge in [0.2, 0.25) is 0 Å². The normalized spacial score (nSPS) is 17.6. The lowest BCUT2D eigenvalue weighted by molar-refractivity contribution is -0.155. The number of carbonyl (C=O) groups is 1. The Morgan fingerprint density at radius 1 is 1.16 bits per heavy atom. The van der Waals surface area contributed by atoms with Gasteiger partial charge in [0.15, 0.2) is 11.6 Å². The van der Waals surface area contributed by atoms with Gasteiger partial charge < -0.3 is 19.1 Å². The molecule has 0 N–H and O–H groups in total. The topological polar surface area (TPSA) is 48.0 Å². The average Bonchev–Trinajstić information content (AvgIpc) is 3.08. The Labute approximate surface area is 189 Å². The number of hydrogen-bond donors (Lipinski definition) is 0. The molecule has 1 saturated heterocycles. The number of halogens is 1. The van der Waals surface area contributed by atoms with Gasteiger partial charge in [0.05, 0.1) is 13.0 Å². The Kier molecular flexibility index (Phi) is 6.42. The first-order valence-corrected chi connectivity index (χ1v) is 11.3. The van der Waals surface area contributed by atoms with Gasteiger partial charge >= 0.3 is 5.97 Å². The lowest BCUT2D eigenvalue weighted by Crippen LogP contribution is -2.44. The summed E-state index contributed by atoms with van der Waals surface area (Å²) in [6.07, 6.45) is 2.13. The number of hydrogen-bond acceptors (Lipinski definition) is 5. The van der Waals surface area contributed by atoms with Crippen LogP contribution in [-0.4, -0.2) is 42.7 Å². The van der Waals surface area contributed by atoms with Crippen molar-refractivity contribution >= 4 is 5.97 Å². The van der Waals surface area contributed by atoms with Gasteiger partial charge in [-0.2, -0.15) is 0 Å². The van der Waals surface area contributed by atoms with Crippen molar-refractivity contribution in [3.63, 3.8) is 0 Å². The molecule has 0 aliphatic carbocycles. The summed E-state index contributed by atoms with van der Waals surface area (Å²) in [5.74, 6) is 0.422. The van der Waals surface area contributed by atoms with Crippen molar-refractivity contribution in [3.05, 3.63) is 59.4 Å². The second-order valence-corrected chi connectivity index (χ2v) is 9.80. The minimum atomic E-state index is -0.457. The van der Waals surface area contributed by atoms with Crippen LogP contribution >= 0.6 is 0 Å². The molecule has 4 rings (SSSR count). The molecule has 0 amide bonds. The van der Waals surface area contributed by atoms with Crippen LogP contribution in [0.25, 0.3) is 0 Å². The highest BCUT2D eigenvalue weighted by Gasteiger charge is 2.43. The first-order chi connectivity index (χ1) is 15.2. The fourth-order valence-electron chi connectivity index (χ4n) is 4.47. The van der Waals surface area contributed by atoms with Crippen LogP contribution in [0.2, 0.25) is 0 Å². The lowest BCUT2D eigenvalue weighted by atomic mass is 9.74. The number of nitrogens with zero attached hydrogens (tertiary/aromatic N) is 1. The fourth-order valence-corrected chi connectivity index (χ4v) is 4.47. The zero-order valence-electron chi connectivity index (χ0n) is 19.2. The van der Waals surface area contributed by atoms with E-state index in [1.54, 1.807) is 12.1 Å². The van der Waals surface area contributed by atoms with Crippen LogP contribution in [0.15, 0.2) is 42.5 Å². The molecule has 0 radical (unpaired) electrons. The SMILES string of the molecule is CC(C)(C)OC(=O)CCN1CCC2(CC1)COc1cc(OCc3ccccc3)c(F)cc12. The number of esters is 1. The number of carbonyl (C=O) groups excluding carboxylic acids is 1. The first-order valence-electron chi connectivity index (χ1n) is 11.3. The number of ether oxygens (including phenoxy) is 3. The van der Waals surface area contributed by atoms with Gasteiger partial charge in [0.1, 0.15) is 18.0 Å². The molecule has 6 heteroatoms. The van der Waals surface area contributed by atoms with Gasteiger partial charge in [-0.25, -0.2) is 4.39 Å². The van der Waals surface area contributed by atoms with Crippen molar-refractivity contribution < 1.29 is 23.4 Å². The molecular formula is C26H32FNO4. The maximum absolute atomic E-state index is 14.9. The highest BCUT2D eigenvalue weighted by atomic mass is 19.1. The van der Waals surface area contributed by atoms with Gasteiger partial charge in [-0.15, -0.1) is 0 Å². The van der Waals surface area contributed by atoms with Crippen LogP contribution in [0.3, 0.4) is 0 Å². The summed E-state index contributed by atoms with van der Waals surface area (Å²) in [6, 6.07) is 13.0. The minimum Gasteiger partial charge on any atom is -0.492 e. The Hall–Kier alpha value is -2.60. The van der Waals surface area contributed by atoms with E-state index in [9.17, 15) is 9.18 Å². The molecule has 0 bridgehead atoms. The zero-order chi connectivity index (χ0) is 22.8. The Balaban J connectivity index is 1.35. The second kappa shape index (κ2) is 9.10. The molecule has 2 aromatic carbocycles. The third-order valence-corrected chi connectivity index (χ3v) is 6.21. The van der Waals surface area contributed by atoms with Gasteiger partial charge in [-0.3, -0.25) is 4.79 Å². The molecule has 172 valence electrons. The number of piperidine rings is 1. The minimum absolute atomic E-state index is 0.169. The summed E-state index contributed by atoms with van der Waals surface area (Å²) in [4.78, 5) is 14.3. The summed E-state index contributed by atoms with van der Waals surface area (Å²) < 4.78 is 32.0. The van der Waals surface area contributed by atoms with Crippen molar-refractivity contribution in [2.24, 2.45) is 0 Å². The molecule has 1 fully saturated rings. The highest BCUT2D eigenvalue weighted by Crippen LogP contribution is 2.47. The molecule has 2 aromatic rings. The molecule has 32 heavy (non-hydrogen) atoms. The van der Waals surface area contributed by atoms with Crippen LogP contribution in [0.5, 0.6) is 11.5 Å². The lowest BCUT2D eigenvalue weighted by Gasteiger charge is -2.38. The Morgan fingerprint density at radius 2 is 1.88 bits per heavy atom. The number of likely N-dealkylation sites (tertiary alicyclic amines) is 1. The van der Waals surface area contributed by atoms with Gasteiger partial charge in [-0.05, 0) is 58.3 Å². The smallest absolute Gasteiger partial charge is 0.307 e. The molecule has 0 aromatic heterocycles. The van der Waals surface area contributed by atoms with Crippen LogP contribution in [-0.2, 0) is 21.6 Å². The zero-order valence-corrected chi connectivity index (χ0v) is 19.2. The standard InChI is InChI=1S/C26H32FNO4/c1-25(2,3)32-24(29)9-12-28-13-10-26(11-14-28)18-31-22-16-23(21(27)15-20(22)26)30-17-19-7-5-4-6-8-19/h4-8,15-16H,9-14,17-18H2,1-3H3.